The number of rotatable bonds is 4. The first-order valence-corrected chi connectivity index (χ1v) is 8.15. The van der Waals surface area contributed by atoms with E-state index in [0.717, 1.165) is 5.56 Å². The molecule has 26 heavy (non-hydrogen) atoms. The molecule has 1 aromatic heterocycles. The number of benzene rings is 1. The van der Waals surface area contributed by atoms with Gasteiger partial charge >= 0.3 is 0 Å². The van der Waals surface area contributed by atoms with Crippen LogP contribution in [0.5, 0.6) is 0 Å². The molecule has 0 saturated carbocycles. The third kappa shape index (κ3) is 3.33. The fourth-order valence-electron chi connectivity index (χ4n) is 2.95. The van der Waals surface area contributed by atoms with E-state index in [4.69, 9.17) is 5.73 Å². The molecule has 1 aliphatic rings. The maximum Gasteiger partial charge on any atom is 0.231 e. The minimum atomic E-state index is -0.803. The van der Waals surface area contributed by atoms with E-state index >= 15 is 0 Å². The molecule has 0 aliphatic carbocycles. The fourth-order valence-corrected chi connectivity index (χ4v) is 2.95. The van der Waals surface area contributed by atoms with Crippen molar-refractivity contribution in [2.24, 2.45) is 10.7 Å². The van der Waals surface area contributed by atoms with Crippen LogP contribution in [0, 0.1) is 5.82 Å². The van der Waals surface area contributed by atoms with E-state index in [1.165, 1.54) is 23.2 Å². The van der Waals surface area contributed by atoms with Crippen LogP contribution in [0.2, 0.25) is 0 Å². The lowest BCUT2D eigenvalue weighted by Crippen LogP contribution is -2.47. The molecule has 7 heteroatoms. The van der Waals surface area contributed by atoms with Gasteiger partial charge < -0.3 is 5.73 Å². The highest BCUT2D eigenvalue weighted by Crippen LogP contribution is 2.33. The lowest BCUT2D eigenvalue weighted by atomic mass is 9.86. The van der Waals surface area contributed by atoms with Crippen LogP contribution < -0.4 is 5.73 Å². The Morgan fingerprint density at radius 2 is 2.12 bits per heavy atom. The van der Waals surface area contributed by atoms with Gasteiger partial charge in [-0.3, -0.25) is 19.5 Å². The second kappa shape index (κ2) is 6.67. The van der Waals surface area contributed by atoms with Crippen molar-refractivity contribution in [3.05, 3.63) is 65.2 Å². The predicted molar refractivity (Wildman–Crippen MR) is 95.0 cm³/mol. The van der Waals surface area contributed by atoms with Crippen molar-refractivity contribution in [2.45, 2.75) is 25.3 Å². The monoisotopic (exact) mass is 354 g/mol. The Morgan fingerprint density at radius 3 is 2.81 bits per heavy atom. The van der Waals surface area contributed by atoms with Gasteiger partial charge in [0.15, 0.2) is 17.6 Å². The number of carbonyl (C=O) groups excluding carboxylic acids is 2. The molecule has 0 saturated heterocycles. The van der Waals surface area contributed by atoms with Crippen molar-refractivity contribution >= 4 is 17.6 Å². The number of hydrogen-bond donors (Lipinski definition) is 1. The van der Waals surface area contributed by atoms with Gasteiger partial charge in [0.2, 0.25) is 5.91 Å². The molecule has 2 N–H and O–H groups in total. The van der Waals surface area contributed by atoms with E-state index in [0.29, 0.717) is 5.56 Å². The highest BCUT2D eigenvalue weighted by atomic mass is 19.1. The highest BCUT2D eigenvalue weighted by molar-refractivity contribution is 5.99. The SMILES string of the molecule is CN1C(=O)CC(C)(c2cccc(CC(=O)c3ncccc3F)c2)N=C1N. The lowest BCUT2D eigenvalue weighted by molar-refractivity contribution is -0.128. The molecule has 3 rings (SSSR count). The van der Waals surface area contributed by atoms with Crippen molar-refractivity contribution in [2.75, 3.05) is 7.05 Å². The van der Waals surface area contributed by atoms with E-state index in [1.54, 1.807) is 25.2 Å². The average molecular weight is 354 g/mol. The summed E-state index contributed by atoms with van der Waals surface area (Å²) in [6.45, 7) is 1.82. The van der Waals surface area contributed by atoms with Crippen molar-refractivity contribution in [1.29, 1.82) is 0 Å². The van der Waals surface area contributed by atoms with Gasteiger partial charge in [0.1, 0.15) is 5.69 Å². The van der Waals surface area contributed by atoms with E-state index in [1.807, 2.05) is 13.0 Å². The van der Waals surface area contributed by atoms with Crippen LogP contribution in [0.3, 0.4) is 0 Å². The first-order valence-electron chi connectivity index (χ1n) is 8.15. The van der Waals surface area contributed by atoms with Gasteiger partial charge in [-0.1, -0.05) is 24.3 Å². The predicted octanol–water partition coefficient (Wildman–Crippen LogP) is 2.04. The average Bonchev–Trinajstić information content (AvgIpc) is 2.60. The first kappa shape index (κ1) is 17.7. The standard InChI is InChI=1S/C19H19FN4O2/c1-19(11-16(26)24(2)18(21)23-19)13-6-3-5-12(9-13)10-15(25)17-14(20)7-4-8-22-17/h3-9H,10-11H2,1-2H3,(H2,21,23). The topological polar surface area (TPSA) is 88.7 Å². The molecule has 0 spiro atoms. The molecular formula is C19H19FN4O2. The summed E-state index contributed by atoms with van der Waals surface area (Å²) in [5.74, 6) is -1.02. The number of guanidine groups is 1. The number of amides is 1. The molecule has 2 heterocycles. The number of nitrogens with zero attached hydrogens (tertiary/aromatic N) is 3. The van der Waals surface area contributed by atoms with Crippen LogP contribution in [-0.2, 0) is 16.8 Å². The van der Waals surface area contributed by atoms with Crippen LogP contribution in [0.15, 0.2) is 47.6 Å². The molecule has 1 atom stereocenters. The summed E-state index contributed by atoms with van der Waals surface area (Å²) < 4.78 is 13.7. The Morgan fingerprint density at radius 1 is 1.35 bits per heavy atom. The molecular weight excluding hydrogens is 335 g/mol. The third-order valence-electron chi connectivity index (χ3n) is 4.51. The molecule has 0 bridgehead atoms. The van der Waals surface area contributed by atoms with Crippen LogP contribution in [0.25, 0.3) is 0 Å². The number of pyridine rings is 1. The minimum absolute atomic E-state index is 0.00486. The van der Waals surface area contributed by atoms with Gasteiger partial charge in [-0.25, -0.2) is 9.38 Å². The largest absolute Gasteiger partial charge is 0.369 e. The molecule has 134 valence electrons. The Bertz CT molecular complexity index is 912. The molecule has 1 amide bonds. The van der Waals surface area contributed by atoms with Crippen molar-refractivity contribution in [1.82, 2.24) is 9.88 Å². The van der Waals surface area contributed by atoms with Crippen LogP contribution in [-0.4, -0.2) is 34.6 Å². The van der Waals surface area contributed by atoms with Crippen molar-refractivity contribution in [3.63, 3.8) is 0 Å². The second-order valence-corrected chi connectivity index (χ2v) is 6.51. The smallest absolute Gasteiger partial charge is 0.231 e. The number of Topliss-reactive ketones (excluding diaryl/α,β-unsaturated/α-hetero) is 1. The van der Waals surface area contributed by atoms with E-state index < -0.39 is 17.1 Å². The van der Waals surface area contributed by atoms with Gasteiger partial charge in [0, 0.05) is 19.7 Å². The lowest BCUT2D eigenvalue weighted by Gasteiger charge is -2.33. The Balaban J connectivity index is 1.88. The summed E-state index contributed by atoms with van der Waals surface area (Å²) >= 11 is 0. The maximum absolute atomic E-state index is 13.7. The van der Waals surface area contributed by atoms with Crippen molar-refractivity contribution < 1.29 is 14.0 Å². The zero-order valence-corrected chi connectivity index (χ0v) is 14.6. The normalized spacial score (nSPS) is 20.0. The van der Waals surface area contributed by atoms with Gasteiger partial charge in [-0.05, 0) is 30.2 Å². The number of hydrogen-bond acceptors (Lipinski definition) is 5. The number of halogens is 1. The Hall–Kier alpha value is -3.09. The van der Waals surface area contributed by atoms with E-state index in [-0.39, 0.29) is 30.4 Å². The van der Waals surface area contributed by atoms with Gasteiger partial charge in [-0.15, -0.1) is 0 Å². The maximum atomic E-state index is 13.7. The number of ketones is 1. The van der Waals surface area contributed by atoms with E-state index in [2.05, 4.69) is 9.98 Å². The quantitative estimate of drug-likeness (QED) is 0.851. The number of carbonyl (C=O) groups is 2. The van der Waals surface area contributed by atoms with Gasteiger partial charge in [0.05, 0.1) is 12.0 Å². The molecule has 1 aliphatic heterocycles. The zero-order chi connectivity index (χ0) is 18.9. The van der Waals surface area contributed by atoms with Crippen LogP contribution in [0.4, 0.5) is 4.39 Å². The van der Waals surface area contributed by atoms with Gasteiger partial charge in [-0.2, -0.15) is 0 Å². The number of aromatic nitrogens is 1. The molecule has 1 aromatic carbocycles. The van der Waals surface area contributed by atoms with E-state index in [9.17, 15) is 14.0 Å². The molecule has 0 fully saturated rings. The Kier molecular flexibility index (Phi) is 4.54. The Labute approximate surface area is 150 Å². The highest BCUT2D eigenvalue weighted by Gasteiger charge is 2.36. The summed E-state index contributed by atoms with van der Waals surface area (Å²) in [6, 6.07) is 9.84. The summed E-state index contributed by atoms with van der Waals surface area (Å²) in [7, 11) is 1.58. The van der Waals surface area contributed by atoms with Crippen LogP contribution in [0.1, 0.15) is 35.0 Å². The third-order valence-corrected chi connectivity index (χ3v) is 4.51. The fraction of sp³-hybridized carbons (Fsp3) is 0.263. The van der Waals surface area contributed by atoms with Gasteiger partial charge in [0.25, 0.3) is 0 Å². The number of nitrogens with two attached hydrogens (primary N) is 1. The summed E-state index contributed by atoms with van der Waals surface area (Å²) in [5, 5.41) is 0. The first-order chi connectivity index (χ1) is 12.3. The summed E-state index contributed by atoms with van der Waals surface area (Å²) in [5.41, 5.74) is 6.33. The number of aliphatic imine (C=N–C) groups is 1. The summed E-state index contributed by atoms with van der Waals surface area (Å²) in [6.07, 6.45) is 1.57. The zero-order valence-electron chi connectivity index (χ0n) is 14.6. The van der Waals surface area contributed by atoms with Crippen LogP contribution >= 0.6 is 0 Å². The second-order valence-electron chi connectivity index (χ2n) is 6.51. The molecule has 1 unspecified atom stereocenters. The molecule has 6 nitrogen and oxygen atoms in total. The summed E-state index contributed by atoms with van der Waals surface area (Å²) in [4.78, 5) is 34.1. The van der Waals surface area contributed by atoms with Crippen molar-refractivity contribution in [3.8, 4) is 0 Å². The molecule has 2 aromatic rings. The minimum Gasteiger partial charge on any atom is -0.369 e. The molecule has 0 radical (unpaired) electrons.